The second kappa shape index (κ2) is 6.57. The van der Waals surface area contributed by atoms with E-state index in [1.807, 2.05) is 25.5 Å². The van der Waals surface area contributed by atoms with Crippen molar-refractivity contribution in [1.82, 2.24) is 14.9 Å². The molecule has 2 N–H and O–H groups in total. The highest BCUT2D eigenvalue weighted by atomic mass is 32.2. The Balaban J connectivity index is 2.19. The Morgan fingerprint density at radius 2 is 1.91 bits per heavy atom. The first kappa shape index (κ1) is 17.3. The summed E-state index contributed by atoms with van der Waals surface area (Å²) in [5, 5.41) is 2.69. The molecule has 2 rings (SSSR count). The van der Waals surface area contributed by atoms with Gasteiger partial charge < -0.3 is 10.2 Å². The molecule has 23 heavy (non-hydrogen) atoms. The fourth-order valence-corrected chi connectivity index (χ4v) is 3.48. The smallest absolute Gasteiger partial charge is 0.332 e. The SMILES string of the molecule is Cc1ccc(S(=O)(=O)NC(=O)N2CCNC(=O)C2C(C)C)cc1. The van der Waals surface area contributed by atoms with Crippen molar-refractivity contribution in [2.24, 2.45) is 5.92 Å². The van der Waals surface area contributed by atoms with Crippen molar-refractivity contribution >= 4 is 22.0 Å². The second-order valence-corrected chi connectivity index (χ2v) is 7.58. The minimum Gasteiger partial charge on any atom is -0.353 e. The van der Waals surface area contributed by atoms with Crippen molar-refractivity contribution in [3.05, 3.63) is 29.8 Å². The van der Waals surface area contributed by atoms with Crippen molar-refractivity contribution < 1.29 is 18.0 Å². The van der Waals surface area contributed by atoms with Crippen molar-refractivity contribution in [1.29, 1.82) is 0 Å². The Morgan fingerprint density at radius 1 is 1.30 bits per heavy atom. The molecule has 7 nitrogen and oxygen atoms in total. The van der Waals surface area contributed by atoms with Crippen molar-refractivity contribution in [2.75, 3.05) is 13.1 Å². The van der Waals surface area contributed by atoms with Gasteiger partial charge in [0.2, 0.25) is 5.91 Å². The van der Waals surface area contributed by atoms with Crippen LogP contribution in [0, 0.1) is 12.8 Å². The zero-order valence-corrected chi connectivity index (χ0v) is 14.2. The lowest BCUT2D eigenvalue weighted by Crippen LogP contribution is -2.61. The molecule has 1 unspecified atom stereocenters. The molecule has 1 aromatic carbocycles. The maximum absolute atomic E-state index is 12.4. The molecule has 1 aromatic rings. The Bertz CT molecular complexity index is 698. The molecule has 1 aliphatic rings. The number of urea groups is 1. The summed E-state index contributed by atoms with van der Waals surface area (Å²) in [6.07, 6.45) is 0. The number of nitrogens with one attached hydrogen (secondary N) is 2. The lowest BCUT2D eigenvalue weighted by atomic mass is 10.0. The monoisotopic (exact) mass is 339 g/mol. The first-order chi connectivity index (χ1) is 10.7. The molecule has 0 saturated carbocycles. The van der Waals surface area contributed by atoms with Gasteiger partial charge in [-0.15, -0.1) is 0 Å². The van der Waals surface area contributed by atoms with Crippen LogP contribution in [0.1, 0.15) is 19.4 Å². The summed E-state index contributed by atoms with van der Waals surface area (Å²) in [6, 6.07) is 4.73. The molecule has 0 radical (unpaired) electrons. The number of hydrogen-bond donors (Lipinski definition) is 2. The molecule has 1 aliphatic heterocycles. The summed E-state index contributed by atoms with van der Waals surface area (Å²) < 4.78 is 26.6. The van der Waals surface area contributed by atoms with Crippen LogP contribution in [0.4, 0.5) is 4.79 Å². The lowest BCUT2D eigenvalue weighted by Gasteiger charge is -2.36. The number of benzene rings is 1. The van der Waals surface area contributed by atoms with Gasteiger partial charge in [-0.2, -0.15) is 0 Å². The normalized spacial score (nSPS) is 18.7. The van der Waals surface area contributed by atoms with E-state index >= 15 is 0 Å². The Hall–Kier alpha value is -2.09. The summed E-state index contributed by atoms with van der Waals surface area (Å²) in [4.78, 5) is 25.6. The fraction of sp³-hybridized carbons (Fsp3) is 0.467. The van der Waals surface area contributed by atoms with E-state index in [2.05, 4.69) is 5.32 Å². The van der Waals surface area contributed by atoms with E-state index in [4.69, 9.17) is 0 Å². The van der Waals surface area contributed by atoms with Crippen LogP contribution < -0.4 is 10.0 Å². The van der Waals surface area contributed by atoms with Gasteiger partial charge in [-0.3, -0.25) is 4.79 Å². The number of aryl methyl sites for hydroxylation is 1. The first-order valence-electron chi connectivity index (χ1n) is 7.40. The highest BCUT2D eigenvalue weighted by molar-refractivity contribution is 7.90. The second-order valence-electron chi connectivity index (χ2n) is 5.90. The van der Waals surface area contributed by atoms with Gasteiger partial charge >= 0.3 is 6.03 Å². The molecule has 3 amide bonds. The van der Waals surface area contributed by atoms with Gasteiger partial charge in [-0.25, -0.2) is 17.9 Å². The van der Waals surface area contributed by atoms with Gasteiger partial charge in [-0.1, -0.05) is 31.5 Å². The van der Waals surface area contributed by atoms with E-state index in [-0.39, 0.29) is 23.3 Å². The van der Waals surface area contributed by atoms with Crippen LogP contribution in [0.5, 0.6) is 0 Å². The number of carbonyl (C=O) groups is 2. The first-order valence-corrected chi connectivity index (χ1v) is 8.88. The highest BCUT2D eigenvalue weighted by Gasteiger charge is 2.36. The number of nitrogens with zero attached hydrogens (tertiary/aromatic N) is 1. The molecule has 1 heterocycles. The summed E-state index contributed by atoms with van der Waals surface area (Å²) in [5.74, 6) is -0.391. The van der Waals surface area contributed by atoms with E-state index in [1.54, 1.807) is 12.1 Å². The van der Waals surface area contributed by atoms with E-state index in [0.29, 0.717) is 6.54 Å². The van der Waals surface area contributed by atoms with Gasteiger partial charge in [0.1, 0.15) is 6.04 Å². The highest BCUT2D eigenvalue weighted by Crippen LogP contribution is 2.16. The fourth-order valence-electron chi connectivity index (χ4n) is 2.53. The minimum atomic E-state index is -3.97. The molecule has 126 valence electrons. The standard InChI is InChI=1S/C15H21N3O4S/c1-10(2)13-14(19)16-8-9-18(13)15(20)17-23(21,22)12-6-4-11(3)5-7-12/h4-7,10,13H,8-9H2,1-3H3,(H,16,19)(H,17,20). The van der Waals surface area contributed by atoms with Gasteiger partial charge in [0.15, 0.2) is 0 Å². The number of carbonyl (C=O) groups excluding carboxylic acids is 2. The van der Waals surface area contributed by atoms with Crippen LogP contribution in [-0.4, -0.2) is 44.4 Å². The number of sulfonamides is 1. The van der Waals surface area contributed by atoms with Gasteiger partial charge in [0.25, 0.3) is 10.0 Å². The topological polar surface area (TPSA) is 95.6 Å². The number of hydrogen-bond acceptors (Lipinski definition) is 4. The maximum Gasteiger partial charge on any atom is 0.332 e. The largest absolute Gasteiger partial charge is 0.353 e. The van der Waals surface area contributed by atoms with E-state index in [1.165, 1.54) is 17.0 Å². The molecule has 8 heteroatoms. The van der Waals surface area contributed by atoms with Gasteiger partial charge in [-0.05, 0) is 25.0 Å². The Morgan fingerprint density at radius 3 is 2.48 bits per heavy atom. The summed E-state index contributed by atoms with van der Waals surface area (Å²) in [7, 11) is -3.97. The summed E-state index contributed by atoms with van der Waals surface area (Å²) >= 11 is 0. The third-order valence-corrected chi connectivity index (χ3v) is 5.04. The van der Waals surface area contributed by atoms with Crippen molar-refractivity contribution in [3.63, 3.8) is 0 Å². The Kier molecular flexibility index (Phi) is 4.93. The number of amides is 3. The minimum absolute atomic E-state index is 0.0130. The summed E-state index contributed by atoms with van der Waals surface area (Å²) in [5.41, 5.74) is 0.919. The van der Waals surface area contributed by atoms with Crippen LogP contribution in [0.25, 0.3) is 0 Å². The molecule has 0 spiro atoms. The van der Waals surface area contributed by atoms with E-state index in [9.17, 15) is 18.0 Å². The van der Waals surface area contributed by atoms with Crippen molar-refractivity contribution in [3.8, 4) is 0 Å². The van der Waals surface area contributed by atoms with Crippen LogP contribution >= 0.6 is 0 Å². The van der Waals surface area contributed by atoms with Crippen LogP contribution in [0.3, 0.4) is 0 Å². The molecule has 1 atom stereocenters. The zero-order chi connectivity index (χ0) is 17.2. The molecular weight excluding hydrogens is 318 g/mol. The average molecular weight is 339 g/mol. The lowest BCUT2D eigenvalue weighted by molar-refractivity contribution is -0.129. The van der Waals surface area contributed by atoms with E-state index < -0.39 is 22.1 Å². The van der Waals surface area contributed by atoms with E-state index in [0.717, 1.165) is 5.56 Å². The number of piperazine rings is 1. The number of rotatable bonds is 3. The third-order valence-electron chi connectivity index (χ3n) is 3.70. The molecule has 1 fully saturated rings. The summed E-state index contributed by atoms with van der Waals surface area (Å²) in [6.45, 7) is 6.03. The van der Waals surface area contributed by atoms with Gasteiger partial charge in [0, 0.05) is 13.1 Å². The molecule has 0 aromatic heterocycles. The molecule has 0 bridgehead atoms. The third kappa shape index (κ3) is 3.82. The zero-order valence-electron chi connectivity index (χ0n) is 13.4. The molecule has 0 aliphatic carbocycles. The van der Waals surface area contributed by atoms with Crippen molar-refractivity contribution in [2.45, 2.75) is 31.7 Å². The maximum atomic E-state index is 12.4. The quantitative estimate of drug-likeness (QED) is 0.853. The predicted molar refractivity (Wildman–Crippen MR) is 85.2 cm³/mol. The van der Waals surface area contributed by atoms with Crippen LogP contribution in [-0.2, 0) is 14.8 Å². The molecular formula is C15H21N3O4S. The van der Waals surface area contributed by atoms with Crippen LogP contribution in [0.2, 0.25) is 0 Å². The average Bonchev–Trinajstić information content (AvgIpc) is 2.46. The molecule has 1 saturated heterocycles. The predicted octanol–water partition coefficient (Wildman–Crippen LogP) is 0.850. The van der Waals surface area contributed by atoms with Crippen LogP contribution in [0.15, 0.2) is 29.2 Å². The van der Waals surface area contributed by atoms with Gasteiger partial charge in [0.05, 0.1) is 4.90 Å². The Labute approximate surface area is 136 Å².